The van der Waals surface area contributed by atoms with Crippen LogP contribution in [0.3, 0.4) is 0 Å². The molecule has 1 heterocycles. The van der Waals surface area contributed by atoms with E-state index in [1.165, 1.54) is 16.9 Å². The van der Waals surface area contributed by atoms with Crippen LogP contribution in [0.4, 0.5) is 0 Å². The van der Waals surface area contributed by atoms with Crippen LogP contribution in [0.1, 0.15) is 5.56 Å². The molecule has 6 nitrogen and oxygen atoms in total. The molecule has 7 heteroatoms. The molecule has 1 aromatic heterocycles. The Labute approximate surface area is 161 Å². The molecule has 0 saturated carbocycles. The second-order valence-corrected chi connectivity index (χ2v) is 6.98. The van der Waals surface area contributed by atoms with E-state index >= 15 is 0 Å². The lowest BCUT2D eigenvalue weighted by molar-refractivity contribution is -0.120. The van der Waals surface area contributed by atoms with E-state index in [1.54, 1.807) is 38.5 Å². The normalized spacial score (nSPS) is 11.7. The Morgan fingerprint density at radius 1 is 1.11 bits per heavy atom. The van der Waals surface area contributed by atoms with E-state index in [2.05, 4.69) is 17.1 Å². The molecule has 1 amide bonds. The summed E-state index contributed by atoms with van der Waals surface area (Å²) in [7, 11) is 3.26. The number of benzene rings is 2. The topological polar surface area (TPSA) is 62.1 Å². The van der Waals surface area contributed by atoms with Gasteiger partial charge in [-0.05, 0) is 48.9 Å². The number of fused-ring (bicyclic) bond motifs is 1. The van der Waals surface area contributed by atoms with E-state index < -0.39 is 0 Å². The number of carbonyl (C=O) groups excluding carboxylic acids is 1. The third-order valence-electron chi connectivity index (χ3n) is 4.00. The molecule has 3 aromatic rings. The summed E-state index contributed by atoms with van der Waals surface area (Å²) in [6, 6.07) is 13.3. The Hall–Kier alpha value is -2.64. The van der Waals surface area contributed by atoms with Gasteiger partial charge in [-0.3, -0.25) is 4.79 Å². The highest BCUT2D eigenvalue weighted by Crippen LogP contribution is 2.19. The van der Waals surface area contributed by atoms with Crippen molar-refractivity contribution in [3.05, 3.63) is 52.8 Å². The summed E-state index contributed by atoms with van der Waals surface area (Å²) in [5, 5.41) is 0. The largest absolute Gasteiger partial charge is 0.497 e. The number of hydrogen-bond donors (Lipinski definition) is 0. The lowest BCUT2D eigenvalue weighted by atomic mass is 10.2. The number of aryl methyl sites for hydroxylation is 1. The molecule has 0 aliphatic rings. The highest BCUT2D eigenvalue weighted by Gasteiger charge is 2.09. The van der Waals surface area contributed by atoms with Crippen molar-refractivity contribution in [3.63, 3.8) is 0 Å². The molecule has 142 valence electrons. The van der Waals surface area contributed by atoms with Crippen molar-refractivity contribution in [2.45, 2.75) is 13.5 Å². The molecule has 0 atom stereocenters. The van der Waals surface area contributed by atoms with E-state index in [9.17, 15) is 4.79 Å². The van der Waals surface area contributed by atoms with Crippen LogP contribution in [-0.4, -0.2) is 37.9 Å². The molecule has 27 heavy (non-hydrogen) atoms. The Morgan fingerprint density at radius 3 is 2.56 bits per heavy atom. The van der Waals surface area contributed by atoms with E-state index in [-0.39, 0.29) is 12.5 Å². The Morgan fingerprint density at radius 2 is 1.85 bits per heavy atom. The molecule has 0 spiro atoms. The molecule has 0 unspecified atom stereocenters. The molecule has 0 saturated heterocycles. The number of nitrogens with zero attached hydrogens (tertiary/aromatic N) is 2. The number of rotatable bonds is 7. The molecule has 0 N–H and O–H groups in total. The van der Waals surface area contributed by atoms with Gasteiger partial charge in [-0.15, -0.1) is 0 Å². The SMILES string of the molecule is COCCn1c(=NC(=O)COc2ccc(OC)cc2)sc2cc(C)ccc21. The molecule has 2 aromatic carbocycles. The van der Waals surface area contributed by atoms with E-state index in [4.69, 9.17) is 14.2 Å². The fraction of sp³-hybridized carbons (Fsp3) is 0.300. The molecule has 0 aliphatic carbocycles. The van der Waals surface area contributed by atoms with Gasteiger partial charge in [0, 0.05) is 13.7 Å². The smallest absolute Gasteiger partial charge is 0.286 e. The standard InChI is InChI=1S/C20H22N2O4S/c1-14-4-9-17-18(12-14)27-20(22(17)10-11-24-2)21-19(23)13-26-16-7-5-15(25-3)6-8-16/h4-9,12H,10-11,13H2,1-3H3. The van der Waals surface area contributed by atoms with Crippen LogP contribution in [0.25, 0.3) is 10.2 Å². The van der Waals surface area contributed by atoms with E-state index in [1.807, 2.05) is 17.6 Å². The fourth-order valence-electron chi connectivity index (χ4n) is 2.62. The quantitative estimate of drug-likeness (QED) is 0.626. The van der Waals surface area contributed by atoms with Crippen LogP contribution >= 0.6 is 11.3 Å². The number of thiazole rings is 1. The molecular formula is C20H22N2O4S. The summed E-state index contributed by atoms with van der Waals surface area (Å²) in [5.74, 6) is 0.997. The average Bonchev–Trinajstić information content (AvgIpc) is 3.00. The van der Waals surface area contributed by atoms with Crippen molar-refractivity contribution in [3.8, 4) is 11.5 Å². The van der Waals surface area contributed by atoms with Gasteiger partial charge in [-0.25, -0.2) is 0 Å². The summed E-state index contributed by atoms with van der Waals surface area (Å²) in [6.45, 7) is 3.10. The van der Waals surface area contributed by atoms with Gasteiger partial charge < -0.3 is 18.8 Å². The van der Waals surface area contributed by atoms with Crippen molar-refractivity contribution in [1.82, 2.24) is 4.57 Å². The van der Waals surface area contributed by atoms with Crippen LogP contribution in [0.15, 0.2) is 47.5 Å². The van der Waals surface area contributed by atoms with Crippen LogP contribution in [0.2, 0.25) is 0 Å². The van der Waals surface area contributed by atoms with Gasteiger partial charge in [0.25, 0.3) is 5.91 Å². The second kappa shape index (κ2) is 8.83. The minimum atomic E-state index is -0.333. The first kappa shape index (κ1) is 19.1. The summed E-state index contributed by atoms with van der Waals surface area (Å²) < 4.78 is 18.9. The maximum Gasteiger partial charge on any atom is 0.286 e. The molecule has 3 rings (SSSR count). The lowest BCUT2D eigenvalue weighted by Gasteiger charge is -2.05. The van der Waals surface area contributed by atoms with Crippen molar-refractivity contribution in [1.29, 1.82) is 0 Å². The zero-order chi connectivity index (χ0) is 19.2. The summed E-state index contributed by atoms with van der Waals surface area (Å²) >= 11 is 1.49. The fourth-order valence-corrected chi connectivity index (χ4v) is 3.79. The predicted molar refractivity (Wildman–Crippen MR) is 105 cm³/mol. The van der Waals surface area contributed by atoms with Crippen molar-refractivity contribution in [2.75, 3.05) is 27.4 Å². The van der Waals surface area contributed by atoms with Gasteiger partial charge in [-0.1, -0.05) is 17.4 Å². The summed E-state index contributed by atoms with van der Waals surface area (Å²) in [4.78, 5) is 17.2. The van der Waals surface area contributed by atoms with Crippen LogP contribution < -0.4 is 14.3 Å². The first-order chi connectivity index (χ1) is 13.1. The van der Waals surface area contributed by atoms with E-state index in [0.717, 1.165) is 16.0 Å². The molecular weight excluding hydrogens is 364 g/mol. The molecule has 0 radical (unpaired) electrons. The van der Waals surface area contributed by atoms with Crippen molar-refractivity contribution >= 4 is 27.5 Å². The number of hydrogen-bond acceptors (Lipinski definition) is 5. The molecule has 0 bridgehead atoms. The summed E-state index contributed by atoms with van der Waals surface area (Å²) in [5.41, 5.74) is 2.22. The maximum absolute atomic E-state index is 12.3. The first-order valence-corrected chi connectivity index (χ1v) is 9.35. The first-order valence-electron chi connectivity index (χ1n) is 8.54. The van der Waals surface area contributed by atoms with Gasteiger partial charge in [0.2, 0.25) is 0 Å². The van der Waals surface area contributed by atoms with E-state index in [0.29, 0.717) is 23.7 Å². The number of aromatic nitrogens is 1. The highest BCUT2D eigenvalue weighted by atomic mass is 32.1. The second-order valence-electron chi connectivity index (χ2n) is 5.97. The van der Waals surface area contributed by atoms with Crippen molar-refractivity contribution in [2.24, 2.45) is 4.99 Å². The summed E-state index contributed by atoms with van der Waals surface area (Å²) in [6.07, 6.45) is 0. The van der Waals surface area contributed by atoms with Gasteiger partial charge in [0.05, 0.1) is 23.9 Å². The van der Waals surface area contributed by atoms with Gasteiger partial charge in [-0.2, -0.15) is 4.99 Å². The number of amides is 1. The number of carbonyl (C=O) groups is 1. The number of ether oxygens (including phenoxy) is 3. The minimum absolute atomic E-state index is 0.121. The number of methoxy groups -OCH3 is 2. The molecule has 0 aliphatic heterocycles. The highest BCUT2D eigenvalue weighted by molar-refractivity contribution is 7.16. The lowest BCUT2D eigenvalue weighted by Crippen LogP contribution is -2.21. The Balaban J connectivity index is 1.81. The predicted octanol–water partition coefficient (Wildman–Crippen LogP) is 3.17. The Bertz CT molecular complexity index is 989. The maximum atomic E-state index is 12.3. The molecule has 0 fully saturated rings. The van der Waals surface area contributed by atoms with Crippen LogP contribution in [0, 0.1) is 6.92 Å². The minimum Gasteiger partial charge on any atom is -0.497 e. The monoisotopic (exact) mass is 386 g/mol. The Kier molecular flexibility index (Phi) is 6.26. The van der Waals surface area contributed by atoms with Gasteiger partial charge in [0.15, 0.2) is 11.4 Å². The van der Waals surface area contributed by atoms with Gasteiger partial charge >= 0.3 is 0 Å². The zero-order valence-corrected chi connectivity index (χ0v) is 16.4. The van der Waals surface area contributed by atoms with Crippen molar-refractivity contribution < 1.29 is 19.0 Å². The van der Waals surface area contributed by atoms with Gasteiger partial charge in [0.1, 0.15) is 11.5 Å². The third-order valence-corrected chi connectivity index (χ3v) is 5.04. The average molecular weight is 386 g/mol. The zero-order valence-electron chi connectivity index (χ0n) is 15.6. The van der Waals surface area contributed by atoms with Crippen LogP contribution in [-0.2, 0) is 16.1 Å². The third kappa shape index (κ3) is 4.75. The van der Waals surface area contributed by atoms with Crippen LogP contribution in [0.5, 0.6) is 11.5 Å².